The van der Waals surface area contributed by atoms with Gasteiger partial charge < -0.3 is 9.47 Å². The molecule has 1 atom stereocenters. The Morgan fingerprint density at radius 2 is 2.05 bits per heavy atom. The molecule has 3 heterocycles. The summed E-state index contributed by atoms with van der Waals surface area (Å²) in [5.41, 5.74) is 3.07. The zero-order chi connectivity index (χ0) is 15.7. The van der Waals surface area contributed by atoms with E-state index in [-0.39, 0.29) is 11.9 Å². The van der Waals surface area contributed by atoms with Gasteiger partial charge in [0.2, 0.25) is 5.91 Å². The van der Waals surface area contributed by atoms with Crippen LogP contribution in [0.5, 0.6) is 0 Å². The van der Waals surface area contributed by atoms with Gasteiger partial charge in [0.1, 0.15) is 0 Å². The van der Waals surface area contributed by atoms with Crippen LogP contribution in [-0.4, -0.2) is 37.6 Å². The van der Waals surface area contributed by atoms with E-state index in [9.17, 15) is 4.79 Å². The molecule has 0 aromatic carbocycles. The van der Waals surface area contributed by atoms with Crippen LogP contribution in [0.25, 0.3) is 0 Å². The quantitative estimate of drug-likeness (QED) is 0.645. The minimum atomic E-state index is 0.122. The number of carbonyl (C=O) groups excluding carboxylic acids is 1. The molecule has 2 aromatic rings. The third-order valence-electron chi connectivity index (χ3n) is 3.95. The van der Waals surface area contributed by atoms with E-state index in [1.54, 1.807) is 0 Å². The van der Waals surface area contributed by atoms with Crippen molar-refractivity contribution < 1.29 is 4.79 Å². The van der Waals surface area contributed by atoms with Crippen molar-refractivity contribution in [3.8, 4) is 0 Å². The summed E-state index contributed by atoms with van der Waals surface area (Å²) in [6.07, 6.45) is 2.08. The number of rotatable bonds is 3. The maximum absolute atomic E-state index is 12.5. The Hall–Kier alpha value is -1.82. The average Bonchev–Trinajstić information content (AvgIpc) is 2.93. The maximum atomic E-state index is 12.5. The zero-order valence-corrected chi connectivity index (χ0v) is 13.9. The summed E-state index contributed by atoms with van der Waals surface area (Å²) < 4.78 is 2.22. The number of carbonyl (C=O) groups is 1. The molecule has 1 aliphatic heterocycles. The molecular weight excluding hydrogens is 296 g/mol. The van der Waals surface area contributed by atoms with E-state index in [1.807, 2.05) is 30.9 Å². The fourth-order valence-electron chi connectivity index (χ4n) is 2.89. The van der Waals surface area contributed by atoms with E-state index in [1.165, 1.54) is 17.5 Å². The molecule has 0 saturated heterocycles. The first-order valence-corrected chi connectivity index (χ1v) is 8.43. The van der Waals surface area contributed by atoms with E-state index in [0.29, 0.717) is 10.9 Å². The topological polar surface area (TPSA) is 51.0 Å². The van der Waals surface area contributed by atoms with Crippen LogP contribution in [0.4, 0.5) is 0 Å². The Labute approximate surface area is 134 Å². The lowest BCUT2D eigenvalue weighted by molar-refractivity contribution is -0.131. The zero-order valence-electron chi connectivity index (χ0n) is 13.1. The third-order valence-corrected chi connectivity index (χ3v) is 4.78. The highest BCUT2D eigenvalue weighted by molar-refractivity contribution is 7.99. The largest absolute Gasteiger partial charge is 0.348 e. The normalized spacial score (nSPS) is 17.4. The van der Waals surface area contributed by atoms with Crippen LogP contribution in [0.3, 0.4) is 0 Å². The second-order valence-corrected chi connectivity index (χ2v) is 6.55. The van der Waals surface area contributed by atoms with Crippen molar-refractivity contribution in [3.63, 3.8) is 0 Å². The molecule has 5 nitrogen and oxygen atoms in total. The Morgan fingerprint density at radius 1 is 1.32 bits per heavy atom. The molecule has 6 heteroatoms. The van der Waals surface area contributed by atoms with Crippen molar-refractivity contribution in [2.24, 2.45) is 0 Å². The molecule has 1 amide bonds. The molecule has 0 bridgehead atoms. The Kier molecular flexibility index (Phi) is 4.20. The Morgan fingerprint density at radius 3 is 2.77 bits per heavy atom. The van der Waals surface area contributed by atoms with Gasteiger partial charge in [0.05, 0.1) is 11.8 Å². The van der Waals surface area contributed by atoms with Crippen molar-refractivity contribution in [2.45, 2.75) is 38.5 Å². The van der Waals surface area contributed by atoms with Gasteiger partial charge in [-0.05, 0) is 39.0 Å². The number of fused-ring (bicyclic) bond motifs is 1. The number of aromatic nitrogens is 3. The highest BCUT2D eigenvalue weighted by Crippen LogP contribution is 2.26. The molecular formula is C16H20N4OS. The van der Waals surface area contributed by atoms with Crippen LogP contribution in [0.15, 0.2) is 29.6 Å². The van der Waals surface area contributed by atoms with Gasteiger partial charge in [-0.1, -0.05) is 11.8 Å². The molecule has 0 saturated carbocycles. The SMILES string of the molecule is Cc1cc(C)nc(SCC(=O)N2CCn3cccc3[C@@H]2C)n1. The molecule has 2 aromatic heterocycles. The highest BCUT2D eigenvalue weighted by atomic mass is 32.2. The molecule has 0 fully saturated rings. The molecule has 3 rings (SSSR count). The van der Waals surface area contributed by atoms with Crippen LogP contribution in [0.1, 0.15) is 30.0 Å². The summed E-state index contributed by atoms with van der Waals surface area (Å²) in [5.74, 6) is 0.529. The van der Waals surface area contributed by atoms with Crippen LogP contribution >= 0.6 is 11.8 Å². The summed E-state index contributed by atoms with van der Waals surface area (Å²) in [5, 5.41) is 0.680. The van der Waals surface area contributed by atoms with Gasteiger partial charge in [0.25, 0.3) is 0 Å². The molecule has 0 N–H and O–H groups in total. The van der Waals surface area contributed by atoms with E-state index in [4.69, 9.17) is 0 Å². The smallest absolute Gasteiger partial charge is 0.233 e. The first-order chi connectivity index (χ1) is 10.5. The van der Waals surface area contributed by atoms with Crippen molar-refractivity contribution in [1.82, 2.24) is 19.4 Å². The predicted molar refractivity (Wildman–Crippen MR) is 86.8 cm³/mol. The monoisotopic (exact) mass is 316 g/mol. The van der Waals surface area contributed by atoms with Crippen molar-refractivity contribution in [3.05, 3.63) is 41.5 Å². The highest BCUT2D eigenvalue weighted by Gasteiger charge is 2.27. The maximum Gasteiger partial charge on any atom is 0.233 e. The molecule has 0 unspecified atom stereocenters. The van der Waals surface area contributed by atoms with Crippen LogP contribution in [0, 0.1) is 13.8 Å². The predicted octanol–water partition coefficient (Wildman–Crippen LogP) is 2.59. The van der Waals surface area contributed by atoms with Crippen LogP contribution in [0.2, 0.25) is 0 Å². The fraction of sp³-hybridized carbons (Fsp3) is 0.438. The number of hydrogen-bond acceptors (Lipinski definition) is 4. The number of nitrogens with zero attached hydrogens (tertiary/aromatic N) is 4. The lowest BCUT2D eigenvalue weighted by Crippen LogP contribution is -2.41. The van der Waals surface area contributed by atoms with Gasteiger partial charge in [-0.3, -0.25) is 4.79 Å². The van der Waals surface area contributed by atoms with Crippen LogP contribution < -0.4 is 0 Å². The first kappa shape index (κ1) is 15.1. The molecule has 1 aliphatic rings. The van der Waals surface area contributed by atoms with E-state index < -0.39 is 0 Å². The number of aryl methyl sites for hydroxylation is 2. The Balaban J connectivity index is 1.65. The van der Waals surface area contributed by atoms with Gasteiger partial charge in [-0.2, -0.15) is 0 Å². The lowest BCUT2D eigenvalue weighted by Gasteiger charge is -2.34. The number of thioether (sulfide) groups is 1. The van der Waals surface area contributed by atoms with E-state index in [2.05, 4.69) is 33.7 Å². The fourth-order valence-corrected chi connectivity index (χ4v) is 3.72. The van der Waals surface area contributed by atoms with Gasteiger partial charge in [-0.15, -0.1) is 0 Å². The molecule has 0 spiro atoms. The van der Waals surface area contributed by atoms with Gasteiger partial charge >= 0.3 is 0 Å². The number of amides is 1. The summed E-state index contributed by atoms with van der Waals surface area (Å²) in [7, 11) is 0. The number of hydrogen-bond donors (Lipinski definition) is 0. The summed E-state index contributed by atoms with van der Waals surface area (Å²) in [6, 6.07) is 6.19. The molecule has 116 valence electrons. The average molecular weight is 316 g/mol. The molecule has 22 heavy (non-hydrogen) atoms. The standard InChI is InChI=1S/C16H20N4OS/c1-11-9-12(2)18-16(17-11)22-10-15(21)20-8-7-19-6-4-5-14(19)13(20)3/h4-6,9,13H,7-8,10H2,1-3H3/t13-/m0/s1. The second-order valence-electron chi connectivity index (χ2n) is 5.61. The lowest BCUT2D eigenvalue weighted by atomic mass is 10.1. The Bertz CT molecular complexity index is 677. The third kappa shape index (κ3) is 3.02. The van der Waals surface area contributed by atoms with Gasteiger partial charge in [0.15, 0.2) is 5.16 Å². The first-order valence-electron chi connectivity index (χ1n) is 7.44. The van der Waals surface area contributed by atoms with Gasteiger partial charge in [-0.25, -0.2) is 9.97 Å². The summed E-state index contributed by atoms with van der Waals surface area (Å²) in [6.45, 7) is 7.60. The molecule has 0 radical (unpaired) electrons. The van der Waals surface area contributed by atoms with E-state index in [0.717, 1.165) is 24.5 Å². The van der Waals surface area contributed by atoms with E-state index >= 15 is 0 Å². The van der Waals surface area contributed by atoms with Crippen molar-refractivity contribution in [1.29, 1.82) is 0 Å². The summed E-state index contributed by atoms with van der Waals surface area (Å²) in [4.78, 5) is 23.2. The van der Waals surface area contributed by atoms with Crippen molar-refractivity contribution >= 4 is 17.7 Å². The van der Waals surface area contributed by atoms with Crippen molar-refractivity contribution in [2.75, 3.05) is 12.3 Å². The van der Waals surface area contributed by atoms with Crippen LogP contribution in [-0.2, 0) is 11.3 Å². The minimum absolute atomic E-state index is 0.122. The molecule has 0 aliphatic carbocycles. The summed E-state index contributed by atoms with van der Waals surface area (Å²) >= 11 is 1.42. The second kappa shape index (κ2) is 6.12. The van der Waals surface area contributed by atoms with Gasteiger partial charge in [0, 0.05) is 36.4 Å². The minimum Gasteiger partial charge on any atom is -0.348 e.